The van der Waals surface area contributed by atoms with Gasteiger partial charge in [-0.2, -0.15) is 0 Å². The van der Waals surface area contributed by atoms with Crippen molar-refractivity contribution in [2.45, 2.75) is 0 Å². The Morgan fingerprint density at radius 2 is 2.22 bits per heavy atom. The molecule has 0 amide bonds. The average molecular weight is 172 g/mol. The van der Waals surface area contributed by atoms with Crippen molar-refractivity contribution < 1.29 is 38.7 Å². The van der Waals surface area contributed by atoms with Gasteiger partial charge >= 0.3 is 59.0 Å². The van der Waals surface area contributed by atoms with Crippen molar-refractivity contribution in [3.63, 3.8) is 0 Å². The first-order valence-electron chi connectivity index (χ1n) is 2.28. The summed E-state index contributed by atoms with van der Waals surface area (Å²) >= 11 is -3.46. The van der Waals surface area contributed by atoms with Crippen LogP contribution in [-0.4, -0.2) is 24.0 Å². The standard InChI is InChI=1S/C3H8O3.H2O.O.Ti/c1-5-2-3-6-4;;;/h4H,2-3H2,1H3;1H2;;/q;;;+2/p-2. The summed E-state index contributed by atoms with van der Waals surface area (Å²) in [5, 5.41) is 0. The van der Waals surface area contributed by atoms with Crippen molar-refractivity contribution in [2.75, 3.05) is 20.3 Å². The van der Waals surface area contributed by atoms with E-state index in [0.29, 0.717) is 6.61 Å². The van der Waals surface area contributed by atoms with Gasteiger partial charge in [-0.25, -0.2) is 0 Å². The molecule has 0 aliphatic carbocycles. The van der Waals surface area contributed by atoms with Crippen molar-refractivity contribution in [3.05, 3.63) is 0 Å². The van der Waals surface area contributed by atoms with Gasteiger partial charge in [-0.15, -0.1) is 0 Å². The van der Waals surface area contributed by atoms with Crippen LogP contribution in [0.1, 0.15) is 0 Å². The molecule has 0 aliphatic rings. The minimum absolute atomic E-state index is 0.176. The molecule has 5 nitrogen and oxygen atoms in total. The molecule has 0 atom stereocenters. The Balaban J connectivity index is 2.83. The van der Waals surface area contributed by atoms with E-state index < -0.39 is 18.6 Å². The molecule has 0 unspecified atom stereocenters. The summed E-state index contributed by atoms with van der Waals surface area (Å²) in [5.74, 6) is 0. The first-order chi connectivity index (χ1) is 4.27. The third-order valence-electron chi connectivity index (χ3n) is 0.501. The maximum absolute atomic E-state index is 9.82. The van der Waals surface area contributed by atoms with E-state index in [2.05, 4.69) is 13.1 Å². The summed E-state index contributed by atoms with van der Waals surface area (Å²) in [5.41, 5.74) is 0. The molecule has 0 aliphatic heterocycles. The molecule has 54 valence electrons. The average Bonchev–Trinajstić information content (AvgIpc) is 1.80. The normalized spacial score (nSPS) is 9.56. The number of methoxy groups -OCH3 is 1. The molecule has 0 fully saturated rings. The van der Waals surface area contributed by atoms with E-state index in [9.17, 15) is 3.32 Å². The van der Waals surface area contributed by atoms with Crippen molar-refractivity contribution >= 4 is 0 Å². The predicted molar refractivity (Wildman–Crippen MR) is 21.8 cm³/mol. The Bertz CT molecular complexity index is 84.3. The fourth-order valence-electron chi connectivity index (χ4n) is 0.209. The van der Waals surface area contributed by atoms with E-state index in [1.807, 2.05) is 0 Å². The van der Waals surface area contributed by atoms with Gasteiger partial charge in [-0.3, -0.25) is 0 Å². The van der Waals surface area contributed by atoms with Gasteiger partial charge in [0.1, 0.15) is 0 Å². The summed E-state index contributed by atoms with van der Waals surface area (Å²) in [4.78, 5) is 4.22. The molecule has 0 spiro atoms. The van der Waals surface area contributed by atoms with E-state index in [-0.39, 0.29) is 6.61 Å². The Hall–Kier alpha value is 0.354. The predicted octanol–water partition coefficient (Wildman–Crippen LogP) is -0.633. The number of ether oxygens (including phenoxy) is 1. The molecule has 0 aromatic heterocycles. The van der Waals surface area contributed by atoms with Crippen LogP contribution in [0, 0.1) is 0 Å². The Morgan fingerprint density at radius 1 is 1.56 bits per heavy atom. The molecule has 6 heteroatoms. The molecular weight excluding hydrogens is 164 g/mol. The van der Waals surface area contributed by atoms with Gasteiger partial charge in [-0.1, -0.05) is 0 Å². The van der Waals surface area contributed by atoms with Crippen LogP contribution in [0.15, 0.2) is 0 Å². The van der Waals surface area contributed by atoms with Gasteiger partial charge in [0.2, 0.25) is 0 Å². The van der Waals surface area contributed by atoms with Crippen LogP contribution in [0.5, 0.6) is 0 Å². The summed E-state index contributed by atoms with van der Waals surface area (Å²) in [6, 6.07) is 0. The van der Waals surface area contributed by atoms with E-state index in [1.54, 1.807) is 0 Å². The third kappa shape index (κ3) is 8.35. The monoisotopic (exact) mass is 172 g/mol. The number of rotatable bonds is 5. The van der Waals surface area contributed by atoms with E-state index in [0.717, 1.165) is 0 Å². The third-order valence-corrected chi connectivity index (χ3v) is 0.908. The zero-order valence-electron chi connectivity index (χ0n) is 4.99. The van der Waals surface area contributed by atoms with Gasteiger partial charge < -0.3 is 0 Å². The van der Waals surface area contributed by atoms with Crippen LogP contribution in [0.2, 0.25) is 0 Å². The SMILES string of the molecule is COCCO[O][Ti](=[O])[OH]. The zero-order chi connectivity index (χ0) is 7.11. The second kappa shape index (κ2) is 6.47. The van der Waals surface area contributed by atoms with Gasteiger partial charge in [0.05, 0.1) is 0 Å². The molecule has 0 rings (SSSR count). The van der Waals surface area contributed by atoms with E-state index >= 15 is 0 Å². The summed E-state index contributed by atoms with van der Waals surface area (Å²) in [6.07, 6.45) is 0. The fourth-order valence-corrected chi connectivity index (χ4v) is 0.497. The maximum atomic E-state index is 9.82. The van der Waals surface area contributed by atoms with Gasteiger partial charge in [0.15, 0.2) is 0 Å². The van der Waals surface area contributed by atoms with Crippen molar-refractivity contribution in [2.24, 2.45) is 0 Å². The van der Waals surface area contributed by atoms with Crippen LogP contribution in [0.3, 0.4) is 0 Å². The van der Waals surface area contributed by atoms with Crippen LogP contribution in [-0.2, 0) is 35.0 Å². The topological polar surface area (TPSA) is 65.0 Å². The molecular formula is C3H8O5Ti. The first kappa shape index (κ1) is 9.35. The number of hydrogen-bond donors (Lipinski definition) is 1. The van der Waals surface area contributed by atoms with Crippen LogP contribution in [0.25, 0.3) is 0 Å². The van der Waals surface area contributed by atoms with Gasteiger partial charge in [-0.05, 0) is 0 Å². The van der Waals surface area contributed by atoms with E-state index in [1.165, 1.54) is 7.11 Å². The Morgan fingerprint density at radius 3 is 2.67 bits per heavy atom. The van der Waals surface area contributed by atoms with E-state index in [4.69, 9.17) is 3.69 Å². The summed E-state index contributed by atoms with van der Waals surface area (Å²) < 4.78 is 26.4. The molecule has 0 heterocycles. The van der Waals surface area contributed by atoms with Crippen molar-refractivity contribution in [1.82, 2.24) is 0 Å². The minimum atomic E-state index is -3.46. The second-order valence-electron chi connectivity index (χ2n) is 1.16. The van der Waals surface area contributed by atoms with Crippen molar-refractivity contribution in [3.8, 4) is 0 Å². The summed E-state index contributed by atoms with van der Waals surface area (Å²) in [6.45, 7) is 0.529. The quantitative estimate of drug-likeness (QED) is 0.258. The van der Waals surface area contributed by atoms with Crippen molar-refractivity contribution in [1.29, 1.82) is 0 Å². The second-order valence-corrected chi connectivity index (χ2v) is 2.25. The molecule has 9 heavy (non-hydrogen) atoms. The molecule has 0 bridgehead atoms. The molecule has 0 saturated heterocycles. The molecule has 0 aromatic carbocycles. The first-order valence-corrected chi connectivity index (χ1v) is 4.26. The van der Waals surface area contributed by atoms with Gasteiger partial charge in [0, 0.05) is 0 Å². The summed E-state index contributed by atoms with van der Waals surface area (Å²) in [7, 11) is 1.50. The zero-order valence-corrected chi connectivity index (χ0v) is 6.56. The molecule has 0 saturated carbocycles. The molecule has 0 aromatic rings. The molecule has 1 N–H and O–H groups in total. The number of hydrogen-bond acceptors (Lipinski definition) is 4. The van der Waals surface area contributed by atoms with Crippen LogP contribution >= 0.6 is 0 Å². The van der Waals surface area contributed by atoms with Crippen LogP contribution in [0.4, 0.5) is 0 Å². The van der Waals surface area contributed by atoms with Crippen LogP contribution < -0.4 is 0 Å². The van der Waals surface area contributed by atoms with Gasteiger partial charge in [0.25, 0.3) is 0 Å². The fraction of sp³-hybridized carbons (Fsp3) is 1.00. The Labute approximate surface area is 59.6 Å². The molecule has 0 radical (unpaired) electrons. The Kier molecular flexibility index (Phi) is 6.73.